The highest BCUT2D eigenvalue weighted by Gasteiger charge is 2.25. The van der Waals surface area contributed by atoms with Crippen molar-refractivity contribution >= 4 is 19.8 Å². The molecular weight excluding hydrogens is 786 g/mol. The lowest BCUT2D eigenvalue weighted by molar-refractivity contribution is -0.161. The number of carbonyl (C=O) groups is 2. The Morgan fingerprint density at radius 3 is 1.31 bits per heavy atom. The van der Waals surface area contributed by atoms with Gasteiger partial charge in [0, 0.05) is 19.4 Å². The van der Waals surface area contributed by atoms with Crippen molar-refractivity contribution in [3.8, 4) is 0 Å². The second-order valence-electron chi connectivity index (χ2n) is 16.0. The average molecular weight is 876 g/mol. The van der Waals surface area contributed by atoms with E-state index in [-0.39, 0.29) is 32.6 Å². The molecule has 0 aliphatic heterocycles. The number of rotatable bonds is 45. The summed E-state index contributed by atoms with van der Waals surface area (Å²) in [7, 11) is -4.40. The van der Waals surface area contributed by atoms with Gasteiger partial charge in [0.05, 0.1) is 13.2 Å². The van der Waals surface area contributed by atoms with Gasteiger partial charge in [0.2, 0.25) is 0 Å². The molecule has 3 N–H and O–H groups in total. The average Bonchev–Trinajstić information content (AvgIpc) is 3.25. The van der Waals surface area contributed by atoms with Crippen molar-refractivity contribution in [1.82, 2.24) is 0 Å². The van der Waals surface area contributed by atoms with Crippen LogP contribution in [0, 0.1) is 0 Å². The van der Waals surface area contributed by atoms with Crippen molar-refractivity contribution in [1.29, 1.82) is 0 Å². The van der Waals surface area contributed by atoms with Crippen molar-refractivity contribution in [2.45, 2.75) is 213 Å². The first kappa shape index (κ1) is 58.5. The molecule has 1 unspecified atom stereocenters. The molecule has 0 heterocycles. The smallest absolute Gasteiger partial charge is 0.462 e. The molecule has 0 amide bonds. The van der Waals surface area contributed by atoms with E-state index in [9.17, 15) is 19.0 Å². The van der Waals surface area contributed by atoms with E-state index in [1.54, 1.807) is 0 Å². The van der Waals surface area contributed by atoms with Gasteiger partial charge >= 0.3 is 19.8 Å². The molecule has 0 fully saturated rings. The molecule has 0 saturated heterocycles. The predicted octanol–water partition coefficient (Wildman–Crippen LogP) is 14.6. The Labute approximate surface area is 373 Å². The zero-order chi connectivity index (χ0) is 44.6. The van der Waals surface area contributed by atoms with Crippen molar-refractivity contribution < 1.29 is 37.6 Å². The number of esters is 2. The van der Waals surface area contributed by atoms with Crippen LogP contribution in [0.4, 0.5) is 0 Å². The lowest BCUT2D eigenvalue weighted by atomic mass is 10.0. The zero-order valence-electron chi connectivity index (χ0n) is 38.9. The van der Waals surface area contributed by atoms with Gasteiger partial charge in [0.1, 0.15) is 6.61 Å². The quantitative estimate of drug-likeness (QED) is 0.0265. The van der Waals surface area contributed by atoms with E-state index in [1.165, 1.54) is 116 Å². The maximum Gasteiger partial charge on any atom is 0.472 e. The molecule has 2 atom stereocenters. The Hall–Kier alpha value is -2.55. The minimum absolute atomic E-state index is 0.0398. The van der Waals surface area contributed by atoms with Crippen molar-refractivity contribution in [2.24, 2.45) is 5.73 Å². The van der Waals surface area contributed by atoms with Crippen LogP contribution in [0.1, 0.15) is 206 Å². The Bertz CT molecular complexity index is 1230. The third-order valence-electron chi connectivity index (χ3n) is 10.1. The molecule has 10 heteroatoms. The van der Waals surface area contributed by atoms with Gasteiger partial charge in [0.25, 0.3) is 0 Å². The number of unbranched alkanes of at least 4 members (excludes halogenated alkanes) is 20. The summed E-state index contributed by atoms with van der Waals surface area (Å²) in [6, 6.07) is 0. The molecule has 61 heavy (non-hydrogen) atoms. The summed E-state index contributed by atoms with van der Waals surface area (Å²) in [5.41, 5.74) is 5.35. The van der Waals surface area contributed by atoms with Crippen LogP contribution in [-0.2, 0) is 32.7 Å². The van der Waals surface area contributed by atoms with Gasteiger partial charge in [-0.2, -0.15) is 0 Å². The molecule has 352 valence electrons. The number of hydrogen-bond donors (Lipinski definition) is 2. The van der Waals surface area contributed by atoms with Gasteiger partial charge in [-0.1, -0.05) is 215 Å². The topological polar surface area (TPSA) is 134 Å². The summed E-state index contributed by atoms with van der Waals surface area (Å²) in [5, 5.41) is 0. The van der Waals surface area contributed by atoms with E-state index in [2.05, 4.69) is 74.6 Å². The molecule has 0 saturated carbocycles. The van der Waals surface area contributed by atoms with E-state index < -0.39 is 32.5 Å². The minimum Gasteiger partial charge on any atom is -0.462 e. The van der Waals surface area contributed by atoms with Crippen LogP contribution >= 0.6 is 7.82 Å². The highest BCUT2D eigenvalue weighted by Crippen LogP contribution is 2.43. The highest BCUT2D eigenvalue weighted by molar-refractivity contribution is 7.47. The summed E-state index contributed by atoms with van der Waals surface area (Å²) in [6.45, 7) is 3.55. The van der Waals surface area contributed by atoms with E-state index in [0.29, 0.717) is 6.42 Å². The maximum atomic E-state index is 12.6. The van der Waals surface area contributed by atoms with Gasteiger partial charge in [-0.15, -0.1) is 0 Å². The molecule has 0 spiro atoms. The third kappa shape index (κ3) is 46.8. The second-order valence-corrected chi connectivity index (χ2v) is 17.4. The Balaban J connectivity index is 4.17. The van der Waals surface area contributed by atoms with E-state index in [0.717, 1.165) is 57.8 Å². The number of nitrogens with two attached hydrogens (primary N) is 1. The van der Waals surface area contributed by atoms with E-state index in [4.69, 9.17) is 24.3 Å². The number of phosphoric ester groups is 1. The summed E-state index contributed by atoms with van der Waals surface area (Å²) >= 11 is 0. The zero-order valence-corrected chi connectivity index (χ0v) is 39.8. The van der Waals surface area contributed by atoms with Crippen LogP contribution in [0.5, 0.6) is 0 Å². The molecule has 0 aromatic rings. The van der Waals surface area contributed by atoms with Crippen LogP contribution in [-0.4, -0.2) is 49.3 Å². The third-order valence-corrected chi connectivity index (χ3v) is 11.1. The van der Waals surface area contributed by atoms with E-state index in [1.807, 2.05) is 12.2 Å². The molecule has 0 rings (SSSR count). The SMILES string of the molecule is CC/C=C\C/C=C\C/C=C\C/C=C\C/C=C\C/C=C\CCC(=O)O[C@H](COC(=O)CCCCCCCCCCCCCCCCCCCCCCC)COP(=O)(O)OCCN. The van der Waals surface area contributed by atoms with Crippen molar-refractivity contribution in [3.63, 3.8) is 0 Å². The fourth-order valence-electron chi connectivity index (χ4n) is 6.54. The fourth-order valence-corrected chi connectivity index (χ4v) is 7.31. The Kier molecular flexibility index (Phi) is 45.0. The molecule has 0 radical (unpaired) electrons. The lowest BCUT2D eigenvalue weighted by Crippen LogP contribution is -2.29. The molecule has 0 aromatic heterocycles. The number of carbonyl (C=O) groups excluding carboxylic acids is 2. The molecule has 0 bridgehead atoms. The first-order chi connectivity index (χ1) is 29.8. The first-order valence-electron chi connectivity index (χ1n) is 24.4. The Morgan fingerprint density at radius 2 is 0.902 bits per heavy atom. The summed E-state index contributed by atoms with van der Waals surface area (Å²) in [4.78, 5) is 35.0. The summed E-state index contributed by atoms with van der Waals surface area (Å²) < 4.78 is 32.8. The second kappa shape index (κ2) is 46.9. The van der Waals surface area contributed by atoms with Gasteiger partial charge in [0.15, 0.2) is 6.10 Å². The van der Waals surface area contributed by atoms with Crippen molar-refractivity contribution in [2.75, 3.05) is 26.4 Å². The van der Waals surface area contributed by atoms with Crippen LogP contribution in [0.25, 0.3) is 0 Å². The van der Waals surface area contributed by atoms with Crippen LogP contribution in [0.15, 0.2) is 72.9 Å². The first-order valence-corrected chi connectivity index (χ1v) is 25.9. The van der Waals surface area contributed by atoms with Gasteiger partial charge in [-0.25, -0.2) is 4.57 Å². The summed E-state index contributed by atoms with van der Waals surface area (Å²) in [5.74, 6) is -0.924. The number of phosphoric acid groups is 1. The molecular formula is C51H90NO8P. The molecule has 0 aliphatic rings. The van der Waals surface area contributed by atoms with Crippen molar-refractivity contribution in [3.05, 3.63) is 72.9 Å². The number of allylic oxidation sites excluding steroid dienone is 12. The predicted molar refractivity (Wildman–Crippen MR) is 256 cm³/mol. The van der Waals surface area contributed by atoms with Gasteiger partial charge < -0.3 is 20.1 Å². The largest absolute Gasteiger partial charge is 0.472 e. The van der Waals surface area contributed by atoms with E-state index >= 15 is 0 Å². The lowest BCUT2D eigenvalue weighted by Gasteiger charge is -2.19. The molecule has 0 aliphatic carbocycles. The number of ether oxygens (including phenoxy) is 2. The maximum absolute atomic E-state index is 12.6. The number of hydrogen-bond acceptors (Lipinski definition) is 8. The van der Waals surface area contributed by atoms with Crippen LogP contribution in [0.3, 0.4) is 0 Å². The Morgan fingerprint density at radius 1 is 0.508 bits per heavy atom. The summed E-state index contributed by atoms with van der Waals surface area (Å²) in [6.07, 6.45) is 58.2. The van der Waals surface area contributed by atoms with Gasteiger partial charge in [-0.05, 0) is 51.4 Å². The standard InChI is InChI=1S/C51H90NO8P/c1-3-5-7-9-11-13-15-17-19-21-23-24-26-27-29-31-33-35-37-39-41-43-50(53)57-47-49(48-59-61(55,56)58-46-45-52)60-51(54)44-42-40-38-36-34-32-30-28-25-22-20-18-16-14-12-10-8-6-4-2/h6,8,12,14,18,20,25,28,32,34,38,40,49H,3-5,7,9-11,13,15-17,19,21-24,26-27,29-31,33,35-37,39,41-48,52H2,1-2H3,(H,55,56)/b8-6-,14-12-,20-18-,28-25-,34-32-,40-38-/t49-/m1/s1. The molecule has 0 aromatic carbocycles. The fraction of sp³-hybridized carbons (Fsp3) is 0.725. The minimum atomic E-state index is -4.40. The highest BCUT2D eigenvalue weighted by atomic mass is 31.2. The normalized spacial score (nSPS) is 13.8. The monoisotopic (exact) mass is 876 g/mol. The molecule has 9 nitrogen and oxygen atoms in total. The van der Waals surface area contributed by atoms with Gasteiger partial charge in [-0.3, -0.25) is 18.6 Å². The van der Waals surface area contributed by atoms with Crippen LogP contribution in [0.2, 0.25) is 0 Å². The van der Waals surface area contributed by atoms with Crippen LogP contribution < -0.4 is 5.73 Å².